The van der Waals surface area contributed by atoms with Crippen molar-refractivity contribution in [1.82, 2.24) is 0 Å². The fraction of sp³-hybridized carbons (Fsp3) is 0.231. The summed E-state index contributed by atoms with van der Waals surface area (Å²) in [6.07, 6.45) is 1.07. The Balaban J connectivity index is 2.69. The van der Waals surface area contributed by atoms with Crippen LogP contribution in [0.25, 0.3) is 0 Å². The monoisotopic (exact) mass is 186 g/mol. The third-order valence-corrected chi connectivity index (χ3v) is 2.01. The zero-order valence-electron chi connectivity index (χ0n) is 8.27. The van der Waals surface area contributed by atoms with Crippen LogP contribution in [0, 0.1) is 17.8 Å². The van der Waals surface area contributed by atoms with E-state index in [1.165, 1.54) is 0 Å². The minimum atomic E-state index is -0.632. The van der Waals surface area contributed by atoms with Crippen LogP contribution < -0.4 is 0 Å². The molecule has 0 radical (unpaired) electrons. The van der Waals surface area contributed by atoms with Crippen molar-refractivity contribution in [3.63, 3.8) is 0 Å². The SMILES string of the molecule is C=C[C@@H](C)[C@H](O)C#Cc1ccccc1. The fourth-order valence-corrected chi connectivity index (χ4v) is 0.939. The molecule has 14 heavy (non-hydrogen) atoms. The van der Waals surface area contributed by atoms with E-state index >= 15 is 0 Å². The van der Waals surface area contributed by atoms with Crippen molar-refractivity contribution in [2.24, 2.45) is 5.92 Å². The third-order valence-electron chi connectivity index (χ3n) is 2.01. The van der Waals surface area contributed by atoms with Crippen molar-refractivity contribution in [1.29, 1.82) is 0 Å². The average Bonchev–Trinajstić information content (AvgIpc) is 2.26. The van der Waals surface area contributed by atoms with Crippen LogP contribution in [0.15, 0.2) is 43.0 Å². The van der Waals surface area contributed by atoms with Crippen molar-refractivity contribution in [3.8, 4) is 11.8 Å². The van der Waals surface area contributed by atoms with Gasteiger partial charge >= 0.3 is 0 Å². The molecule has 0 spiro atoms. The Kier molecular flexibility index (Phi) is 3.97. The first-order valence-electron chi connectivity index (χ1n) is 4.61. The van der Waals surface area contributed by atoms with E-state index in [-0.39, 0.29) is 5.92 Å². The largest absolute Gasteiger partial charge is 0.380 e. The molecule has 0 saturated heterocycles. The van der Waals surface area contributed by atoms with Gasteiger partial charge in [0.15, 0.2) is 0 Å². The second-order valence-electron chi connectivity index (χ2n) is 3.18. The predicted molar refractivity (Wildman–Crippen MR) is 58.7 cm³/mol. The van der Waals surface area contributed by atoms with Gasteiger partial charge in [0.05, 0.1) is 0 Å². The molecule has 72 valence electrons. The maximum absolute atomic E-state index is 9.53. The minimum absolute atomic E-state index is 0.00575. The van der Waals surface area contributed by atoms with E-state index in [2.05, 4.69) is 18.4 Å². The lowest BCUT2D eigenvalue weighted by Gasteiger charge is -2.06. The van der Waals surface area contributed by atoms with Crippen molar-refractivity contribution in [2.75, 3.05) is 0 Å². The normalized spacial score (nSPS) is 13.6. The van der Waals surface area contributed by atoms with E-state index in [0.29, 0.717) is 0 Å². The van der Waals surface area contributed by atoms with Crippen LogP contribution in [-0.2, 0) is 0 Å². The number of aliphatic hydroxyl groups excluding tert-OH is 1. The highest BCUT2D eigenvalue weighted by Gasteiger charge is 2.05. The van der Waals surface area contributed by atoms with Gasteiger partial charge in [-0.2, -0.15) is 0 Å². The van der Waals surface area contributed by atoms with E-state index in [0.717, 1.165) is 5.56 Å². The second-order valence-corrected chi connectivity index (χ2v) is 3.18. The molecule has 0 aromatic heterocycles. The van der Waals surface area contributed by atoms with Gasteiger partial charge in [-0.05, 0) is 12.1 Å². The van der Waals surface area contributed by atoms with Crippen LogP contribution in [0.3, 0.4) is 0 Å². The molecule has 0 saturated carbocycles. The molecule has 0 unspecified atom stereocenters. The molecule has 0 heterocycles. The van der Waals surface area contributed by atoms with E-state index < -0.39 is 6.10 Å². The van der Waals surface area contributed by atoms with Crippen LogP contribution in [0.1, 0.15) is 12.5 Å². The first kappa shape index (κ1) is 10.6. The maximum atomic E-state index is 9.53. The van der Waals surface area contributed by atoms with Gasteiger partial charge in [0, 0.05) is 11.5 Å². The Morgan fingerprint density at radius 2 is 2.00 bits per heavy atom. The molecule has 1 nitrogen and oxygen atoms in total. The van der Waals surface area contributed by atoms with Crippen LogP contribution in [0.2, 0.25) is 0 Å². The summed E-state index contributed by atoms with van der Waals surface area (Å²) in [5.41, 5.74) is 0.919. The Morgan fingerprint density at radius 1 is 1.36 bits per heavy atom. The summed E-state index contributed by atoms with van der Waals surface area (Å²) in [7, 11) is 0. The summed E-state index contributed by atoms with van der Waals surface area (Å²) >= 11 is 0. The van der Waals surface area contributed by atoms with Gasteiger partial charge in [-0.15, -0.1) is 6.58 Å². The highest BCUT2D eigenvalue weighted by atomic mass is 16.3. The Hall–Kier alpha value is -1.52. The molecule has 1 aromatic carbocycles. The maximum Gasteiger partial charge on any atom is 0.121 e. The first-order valence-corrected chi connectivity index (χ1v) is 4.61. The Bertz CT molecular complexity index is 342. The van der Waals surface area contributed by atoms with Crippen molar-refractivity contribution < 1.29 is 5.11 Å². The highest BCUT2D eigenvalue weighted by Crippen LogP contribution is 2.03. The molecule has 0 aliphatic carbocycles. The molecular weight excluding hydrogens is 172 g/mol. The topological polar surface area (TPSA) is 20.2 Å². The van der Waals surface area contributed by atoms with Gasteiger partial charge in [-0.1, -0.05) is 43.0 Å². The number of rotatable bonds is 2. The standard InChI is InChI=1S/C13H14O/c1-3-11(2)13(14)10-9-12-7-5-4-6-8-12/h3-8,11,13-14H,1H2,2H3/t11-,13-/m1/s1. The van der Waals surface area contributed by atoms with E-state index in [9.17, 15) is 5.11 Å². The first-order chi connectivity index (χ1) is 6.74. The predicted octanol–water partition coefficient (Wildman–Crippen LogP) is 2.22. The highest BCUT2D eigenvalue weighted by molar-refractivity contribution is 5.34. The Labute approximate surface area is 85.1 Å². The van der Waals surface area contributed by atoms with Crippen molar-refractivity contribution in [3.05, 3.63) is 48.6 Å². The minimum Gasteiger partial charge on any atom is -0.380 e. The molecule has 1 aromatic rings. The summed E-state index contributed by atoms with van der Waals surface area (Å²) in [5, 5.41) is 9.53. The van der Waals surface area contributed by atoms with Crippen LogP contribution in [0.5, 0.6) is 0 Å². The number of aliphatic hydroxyl groups is 1. The smallest absolute Gasteiger partial charge is 0.121 e. The number of benzene rings is 1. The van der Waals surface area contributed by atoms with Crippen molar-refractivity contribution in [2.45, 2.75) is 13.0 Å². The molecule has 1 N–H and O–H groups in total. The molecule has 0 amide bonds. The van der Waals surface area contributed by atoms with Gasteiger partial charge in [0.2, 0.25) is 0 Å². The van der Waals surface area contributed by atoms with E-state index in [1.807, 2.05) is 37.3 Å². The lowest BCUT2D eigenvalue weighted by Crippen LogP contribution is -2.12. The van der Waals surface area contributed by atoms with Gasteiger partial charge in [-0.25, -0.2) is 0 Å². The lowest BCUT2D eigenvalue weighted by molar-refractivity contribution is 0.195. The second kappa shape index (κ2) is 5.26. The van der Waals surface area contributed by atoms with Crippen LogP contribution in [0.4, 0.5) is 0 Å². The quantitative estimate of drug-likeness (QED) is 0.554. The van der Waals surface area contributed by atoms with Crippen molar-refractivity contribution >= 4 is 0 Å². The molecule has 0 fully saturated rings. The fourth-order valence-electron chi connectivity index (χ4n) is 0.939. The molecule has 0 aliphatic rings. The molecule has 1 heteroatoms. The van der Waals surface area contributed by atoms with Gasteiger partial charge < -0.3 is 5.11 Å². The van der Waals surface area contributed by atoms with E-state index in [4.69, 9.17) is 0 Å². The van der Waals surface area contributed by atoms with Crippen LogP contribution >= 0.6 is 0 Å². The molecule has 1 rings (SSSR count). The summed E-state index contributed by atoms with van der Waals surface area (Å²) in [6.45, 7) is 5.50. The molecule has 0 bridgehead atoms. The summed E-state index contributed by atoms with van der Waals surface area (Å²) in [6, 6.07) is 9.62. The van der Waals surface area contributed by atoms with E-state index in [1.54, 1.807) is 6.08 Å². The molecule has 2 atom stereocenters. The number of hydrogen-bond donors (Lipinski definition) is 1. The number of hydrogen-bond acceptors (Lipinski definition) is 1. The zero-order valence-corrected chi connectivity index (χ0v) is 8.27. The summed E-state index contributed by atoms with van der Waals surface area (Å²) in [5.74, 6) is 5.70. The van der Waals surface area contributed by atoms with Crippen LogP contribution in [-0.4, -0.2) is 11.2 Å². The summed E-state index contributed by atoms with van der Waals surface area (Å²) in [4.78, 5) is 0. The zero-order chi connectivity index (χ0) is 10.4. The average molecular weight is 186 g/mol. The van der Waals surface area contributed by atoms with Gasteiger partial charge in [0.25, 0.3) is 0 Å². The molecule has 0 aliphatic heterocycles. The third kappa shape index (κ3) is 3.08. The Morgan fingerprint density at radius 3 is 2.57 bits per heavy atom. The molecular formula is C13H14O. The van der Waals surface area contributed by atoms with Gasteiger partial charge in [-0.3, -0.25) is 0 Å². The lowest BCUT2D eigenvalue weighted by atomic mass is 10.1. The summed E-state index contributed by atoms with van der Waals surface area (Å²) < 4.78 is 0. The van der Waals surface area contributed by atoms with Gasteiger partial charge in [0.1, 0.15) is 6.10 Å².